The molecule has 2 aliphatic rings. The summed E-state index contributed by atoms with van der Waals surface area (Å²) in [5.74, 6) is 6.71. The molecule has 4 nitrogen and oxygen atoms in total. The van der Waals surface area contributed by atoms with Gasteiger partial charge in [-0.05, 0) is 38.5 Å². The maximum Gasteiger partial charge on any atom is 0.208 e. The van der Waals surface area contributed by atoms with Crippen LogP contribution in [0.2, 0.25) is 0 Å². The van der Waals surface area contributed by atoms with E-state index in [9.17, 15) is 0 Å². The third-order valence-electron chi connectivity index (χ3n) is 4.53. The summed E-state index contributed by atoms with van der Waals surface area (Å²) in [4.78, 5) is 7.35. The molecule has 110 valence electrons. The summed E-state index contributed by atoms with van der Waals surface area (Å²) < 4.78 is 0. The molecule has 0 aromatic rings. The van der Waals surface area contributed by atoms with Crippen molar-refractivity contribution in [2.75, 3.05) is 6.54 Å². The Bertz CT molecular complexity index is 282. The van der Waals surface area contributed by atoms with Crippen molar-refractivity contribution in [3.8, 4) is 0 Å². The van der Waals surface area contributed by atoms with Crippen LogP contribution in [0.3, 0.4) is 0 Å². The molecule has 0 aromatic heterocycles. The number of likely N-dealkylation sites (tertiary alicyclic amines) is 1. The van der Waals surface area contributed by atoms with Crippen molar-refractivity contribution < 1.29 is 0 Å². The molecule has 0 spiro atoms. The zero-order valence-electron chi connectivity index (χ0n) is 12.4. The predicted octanol–water partition coefficient (Wildman–Crippen LogP) is 2.79. The van der Waals surface area contributed by atoms with Crippen LogP contribution in [0.4, 0.5) is 0 Å². The molecule has 0 amide bonds. The van der Waals surface area contributed by atoms with Crippen LogP contribution < -0.4 is 11.3 Å². The highest BCUT2D eigenvalue weighted by Gasteiger charge is 2.25. The first-order chi connectivity index (χ1) is 9.35. The Kier molecular flexibility index (Phi) is 5.95. The smallest absolute Gasteiger partial charge is 0.208 e. The summed E-state index contributed by atoms with van der Waals surface area (Å²) in [6.07, 6.45) is 12.9. The minimum absolute atomic E-state index is 0.490. The normalized spacial score (nSPS) is 26.5. The summed E-state index contributed by atoms with van der Waals surface area (Å²) >= 11 is 0. The van der Waals surface area contributed by atoms with E-state index < -0.39 is 0 Å². The second-order valence-electron chi connectivity index (χ2n) is 6.02. The van der Waals surface area contributed by atoms with Gasteiger partial charge < -0.3 is 4.90 Å². The van der Waals surface area contributed by atoms with E-state index in [0.29, 0.717) is 12.1 Å². The van der Waals surface area contributed by atoms with E-state index in [2.05, 4.69) is 17.2 Å². The van der Waals surface area contributed by atoms with Crippen LogP contribution in [0.15, 0.2) is 4.99 Å². The van der Waals surface area contributed by atoms with Gasteiger partial charge in [0.2, 0.25) is 5.96 Å². The molecule has 1 heterocycles. The summed E-state index contributed by atoms with van der Waals surface area (Å²) in [6, 6.07) is 1.13. The highest BCUT2D eigenvalue weighted by atomic mass is 15.4. The van der Waals surface area contributed by atoms with Crippen LogP contribution in [-0.4, -0.2) is 29.5 Å². The molecule has 1 aliphatic carbocycles. The van der Waals surface area contributed by atoms with Gasteiger partial charge in [0, 0.05) is 12.6 Å². The quantitative estimate of drug-likeness (QED) is 0.357. The van der Waals surface area contributed by atoms with Crippen molar-refractivity contribution in [1.82, 2.24) is 10.3 Å². The van der Waals surface area contributed by atoms with Crippen LogP contribution in [0.1, 0.15) is 71.1 Å². The molecule has 2 rings (SSSR count). The molecule has 3 N–H and O–H groups in total. The molecule has 0 bridgehead atoms. The minimum atomic E-state index is 0.490. The van der Waals surface area contributed by atoms with Crippen molar-refractivity contribution in [2.24, 2.45) is 10.8 Å². The Balaban J connectivity index is 2.02. The van der Waals surface area contributed by atoms with Crippen LogP contribution in [0, 0.1) is 0 Å². The molecule has 0 radical (unpaired) electrons. The lowest BCUT2D eigenvalue weighted by atomic mass is 9.96. The van der Waals surface area contributed by atoms with Gasteiger partial charge in [0.1, 0.15) is 0 Å². The van der Waals surface area contributed by atoms with E-state index in [-0.39, 0.29) is 0 Å². The standard InChI is InChI=1S/C15H30N4/c1-2-8-14-11-6-7-12-19(14)15(18-16)17-13-9-4-3-5-10-13/h13-14H,2-12,16H2,1H3,(H,17,18). The monoisotopic (exact) mass is 266 g/mol. The Labute approximate surface area is 117 Å². The Morgan fingerprint density at radius 1 is 1.16 bits per heavy atom. The average molecular weight is 266 g/mol. The number of nitrogens with zero attached hydrogens (tertiary/aromatic N) is 2. The number of nitrogens with two attached hydrogens (primary N) is 1. The largest absolute Gasteiger partial charge is 0.339 e. The molecule has 1 atom stereocenters. The molecule has 1 aliphatic heterocycles. The minimum Gasteiger partial charge on any atom is -0.339 e. The lowest BCUT2D eigenvalue weighted by Crippen LogP contribution is -2.52. The first-order valence-corrected chi connectivity index (χ1v) is 8.16. The molecule has 1 saturated carbocycles. The van der Waals surface area contributed by atoms with Gasteiger partial charge in [-0.2, -0.15) is 0 Å². The van der Waals surface area contributed by atoms with E-state index in [1.165, 1.54) is 64.2 Å². The molecule has 1 saturated heterocycles. The topological polar surface area (TPSA) is 53.6 Å². The molecule has 0 aromatic carbocycles. The number of piperidine rings is 1. The highest BCUT2D eigenvalue weighted by Crippen LogP contribution is 2.23. The second kappa shape index (κ2) is 7.73. The van der Waals surface area contributed by atoms with Gasteiger partial charge in [0.05, 0.1) is 6.04 Å². The number of aliphatic imine (C=N–C) groups is 1. The third kappa shape index (κ3) is 4.10. The van der Waals surface area contributed by atoms with E-state index in [0.717, 1.165) is 12.5 Å². The average Bonchev–Trinajstić information content (AvgIpc) is 2.47. The zero-order chi connectivity index (χ0) is 13.5. The number of rotatable bonds is 3. The van der Waals surface area contributed by atoms with Crippen molar-refractivity contribution in [3.05, 3.63) is 0 Å². The van der Waals surface area contributed by atoms with E-state index >= 15 is 0 Å². The maximum atomic E-state index is 5.76. The molecular formula is C15H30N4. The maximum absolute atomic E-state index is 5.76. The number of guanidine groups is 1. The van der Waals surface area contributed by atoms with Crippen molar-refractivity contribution in [1.29, 1.82) is 0 Å². The molecule has 1 unspecified atom stereocenters. The first-order valence-electron chi connectivity index (χ1n) is 8.16. The number of nitrogens with one attached hydrogen (secondary N) is 1. The molecule has 19 heavy (non-hydrogen) atoms. The number of hydrogen-bond acceptors (Lipinski definition) is 2. The van der Waals surface area contributed by atoms with E-state index in [1.54, 1.807) is 0 Å². The molecular weight excluding hydrogens is 236 g/mol. The summed E-state index contributed by atoms with van der Waals surface area (Å²) in [7, 11) is 0. The van der Waals surface area contributed by atoms with E-state index in [4.69, 9.17) is 10.8 Å². The molecule has 4 heteroatoms. The fourth-order valence-corrected chi connectivity index (χ4v) is 3.49. The Morgan fingerprint density at radius 3 is 2.58 bits per heavy atom. The van der Waals surface area contributed by atoms with Crippen molar-refractivity contribution >= 4 is 5.96 Å². The van der Waals surface area contributed by atoms with Gasteiger partial charge >= 0.3 is 0 Å². The fourth-order valence-electron chi connectivity index (χ4n) is 3.49. The van der Waals surface area contributed by atoms with Crippen molar-refractivity contribution in [2.45, 2.75) is 83.2 Å². The number of hydrogen-bond donors (Lipinski definition) is 2. The Morgan fingerprint density at radius 2 is 1.89 bits per heavy atom. The van der Waals surface area contributed by atoms with Gasteiger partial charge in [-0.25, -0.2) is 10.8 Å². The third-order valence-corrected chi connectivity index (χ3v) is 4.53. The molecule has 2 fully saturated rings. The SMILES string of the molecule is CCCC1CCCCN1C(=NC1CCCCC1)NN. The summed E-state index contributed by atoms with van der Waals surface area (Å²) in [5.41, 5.74) is 2.88. The van der Waals surface area contributed by atoms with Gasteiger partial charge in [-0.1, -0.05) is 32.6 Å². The van der Waals surface area contributed by atoms with Gasteiger partial charge in [-0.15, -0.1) is 0 Å². The zero-order valence-corrected chi connectivity index (χ0v) is 12.4. The fraction of sp³-hybridized carbons (Fsp3) is 0.933. The van der Waals surface area contributed by atoms with Crippen LogP contribution >= 0.6 is 0 Å². The second-order valence-corrected chi connectivity index (χ2v) is 6.02. The summed E-state index contributed by atoms with van der Waals surface area (Å²) in [6.45, 7) is 3.38. The van der Waals surface area contributed by atoms with E-state index in [1.807, 2.05) is 0 Å². The van der Waals surface area contributed by atoms with Crippen LogP contribution in [0.25, 0.3) is 0 Å². The summed E-state index contributed by atoms with van der Waals surface area (Å²) in [5, 5.41) is 0. The lowest BCUT2D eigenvalue weighted by Gasteiger charge is -2.38. The van der Waals surface area contributed by atoms with Gasteiger partial charge in [-0.3, -0.25) is 5.43 Å². The lowest BCUT2D eigenvalue weighted by molar-refractivity contribution is 0.220. The first kappa shape index (κ1) is 14.6. The van der Waals surface area contributed by atoms with Crippen LogP contribution in [0.5, 0.6) is 0 Å². The van der Waals surface area contributed by atoms with Crippen LogP contribution in [-0.2, 0) is 0 Å². The Hall–Kier alpha value is -0.770. The highest BCUT2D eigenvalue weighted by molar-refractivity contribution is 5.80. The van der Waals surface area contributed by atoms with Crippen molar-refractivity contribution in [3.63, 3.8) is 0 Å². The predicted molar refractivity (Wildman–Crippen MR) is 80.9 cm³/mol. The van der Waals surface area contributed by atoms with Gasteiger partial charge in [0.25, 0.3) is 0 Å². The van der Waals surface area contributed by atoms with Gasteiger partial charge in [0.15, 0.2) is 0 Å². The number of hydrazine groups is 1.